The quantitative estimate of drug-likeness (QED) is 0.292. The van der Waals surface area contributed by atoms with Gasteiger partial charge in [-0.1, -0.05) is 0 Å². The molecular formula is C30H50Cl2Zr. The topological polar surface area (TPSA) is 0 Å². The van der Waals surface area contributed by atoms with E-state index in [1.807, 2.05) is 17.7 Å². The molecule has 0 N–H and O–H groups in total. The van der Waals surface area contributed by atoms with Crippen LogP contribution in [0.5, 0.6) is 0 Å². The van der Waals surface area contributed by atoms with Gasteiger partial charge in [-0.05, 0) is 0 Å². The molecule has 0 saturated heterocycles. The predicted molar refractivity (Wildman–Crippen MR) is 136 cm³/mol. The van der Waals surface area contributed by atoms with Gasteiger partial charge in [-0.2, -0.15) is 0 Å². The Labute approximate surface area is 231 Å². The molecule has 0 amide bonds. The normalized spacial score (nSPS) is 20.5. The Morgan fingerprint density at radius 3 is 1.18 bits per heavy atom. The Morgan fingerprint density at radius 2 is 0.879 bits per heavy atom. The van der Waals surface area contributed by atoms with Crippen LogP contribution in [-0.2, 0) is 23.2 Å². The number of halogens is 2. The molecular weight excluding hydrogens is 522 g/mol. The Kier molecular flexibility index (Phi) is 17.2. The molecule has 0 radical (unpaired) electrons. The van der Waals surface area contributed by atoms with E-state index in [0.717, 1.165) is 11.8 Å². The van der Waals surface area contributed by atoms with Crippen molar-refractivity contribution in [1.29, 1.82) is 0 Å². The van der Waals surface area contributed by atoms with Crippen molar-refractivity contribution >= 4 is 0 Å². The van der Waals surface area contributed by atoms with Gasteiger partial charge in [0.1, 0.15) is 0 Å². The van der Waals surface area contributed by atoms with E-state index in [0.29, 0.717) is 0 Å². The maximum atomic E-state index is 2.47. The molecule has 0 nitrogen and oxygen atoms in total. The van der Waals surface area contributed by atoms with Gasteiger partial charge in [-0.3, -0.25) is 0 Å². The van der Waals surface area contributed by atoms with Crippen molar-refractivity contribution in [2.75, 3.05) is 0 Å². The summed E-state index contributed by atoms with van der Waals surface area (Å²) in [5.41, 5.74) is 10.5. The van der Waals surface area contributed by atoms with Gasteiger partial charge >= 0.3 is 208 Å². The van der Waals surface area contributed by atoms with Crippen LogP contribution in [0.15, 0.2) is 40.0 Å². The Balaban J connectivity index is 0.00000512. The van der Waals surface area contributed by atoms with E-state index in [1.165, 1.54) is 77.0 Å². The second-order valence-electron chi connectivity index (χ2n) is 10.1. The molecule has 0 aromatic heterocycles. The summed E-state index contributed by atoms with van der Waals surface area (Å²) in [7, 11) is 0. The molecule has 2 atom stereocenters. The van der Waals surface area contributed by atoms with Crippen molar-refractivity contribution in [1.82, 2.24) is 0 Å². The summed E-state index contributed by atoms with van der Waals surface area (Å²) in [6.07, 6.45) is 16.2. The molecule has 2 rings (SSSR count). The molecule has 0 fully saturated rings. The third-order valence-electron chi connectivity index (χ3n) is 8.00. The summed E-state index contributed by atoms with van der Waals surface area (Å²) in [6.45, 7) is 19.3. The van der Waals surface area contributed by atoms with Gasteiger partial charge in [0.25, 0.3) is 0 Å². The van der Waals surface area contributed by atoms with Crippen molar-refractivity contribution in [3.05, 3.63) is 40.0 Å². The maximum Gasteiger partial charge on any atom is -1.00 e. The molecule has 0 saturated carbocycles. The molecule has 33 heavy (non-hydrogen) atoms. The van der Waals surface area contributed by atoms with E-state index >= 15 is 0 Å². The predicted octanol–water partition coefficient (Wildman–Crippen LogP) is 4.28. The molecule has 0 aliphatic heterocycles. The van der Waals surface area contributed by atoms with E-state index in [9.17, 15) is 0 Å². The van der Waals surface area contributed by atoms with Crippen molar-refractivity contribution in [2.45, 2.75) is 132 Å². The summed E-state index contributed by atoms with van der Waals surface area (Å²) < 4.78 is 3.99. The van der Waals surface area contributed by atoms with Crippen LogP contribution in [0.1, 0.15) is 132 Å². The largest absolute Gasteiger partial charge is 1.00 e. The minimum Gasteiger partial charge on any atom is -1.00 e. The van der Waals surface area contributed by atoms with Crippen LogP contribution in [0, 0.1) is 11.8 Å². The molecule has 188 valence electrons. The summed E-state index contributed by atoms with van der Waals surface area (Å²) in [5.74, 6) is 1.57. The van der Waals surface area contributed by atoms with E-state index in [2.05, 4.69) is 55.4 Å². The van der Waals surface area contributed by atoms with Gasteiger partial charge < -0.3 is 24.8 Å². The van der Waals surface area contributed by atoms with Gasteiger partial charge in [-0.25, -0.2) is 0 Å². The van der Waals surface area contributed by atoms with Crippen LogP contribution in [0.4, 0.5) is 0 Å². The first kappa shape index (κ1) is 33.4. The number of rotatable bonds is 14. The van der Waals surface area contributed by atoms with Crippen LogP contribution in [0.2, 0.25) is 0 Å². The van der Waals surface area contributed by atoms with Crippen LogP contribution in [0.3, 0.4) is 0 Å². The molecule has 0 bridgehead atoms. The number of hydrogen-bond donors (Lipinski definition) is 0. The molecule has 0 heterocycles. The Hall–Kier alpha value is 0.423. The zero-order valence-electron chi connectivity index (χ0n) is 22.9. The fourth-order valence-corrected chi connectivity index (χ4v) is 11.2. The van der Waals surface area contributed by atoms with Crippen LogP contribution in [-0.4, -0.2) is 0 Å². The molecule has 0 aromatic rings. The third-order valence-corrected chi connectivity index (χ3v) is 12.5. The first-order valence-corrected chi connectivity index (χ1v) is 16.0. The van der Waals surface area contributed by atoms with E-state index in [4.69, 9.17) is 0 Å². The number of unbranched alkanes of at least 4 members (excludes halogenated alkanes) is 4. The SMILES string of the molecule is CCCCC1=[C]([Zr+2][C]2=C(CCCC)C(C)=C(C)C2CCCC)C(CCCC)C(C)=C1C.[Cl-].[Cl-]. The van der Waals surface area contributed by atoms with Crippen LogP contribution < -0.4 is 24.8 Å². The fourth-order valence-electron chi connectivity index (χ4n) is 5.62. The van der Waals surface area contributed by atoms with Gasteiger partial charge in [0, 0.05) is 0 Å². The molecule has 2 aliphatic rings. The van der Waals surface area contributed by atoms with E-state index in [-0.39, 0.29) is 24.8 Å². The first-order valence-electron chi connectivity index (χ1n) is 13.5. The fraction of sp³-hybridized carbons (Fsp3) is 0.733. The average Bonchev–Trinajstić information content (AvgIpc) is 3.12. The van der Waals surface area contributed by atoms with Gasteiger partial charge in [0.15, 0.2) is 0 Å². The Morgan fingerprint density at radius 1 is 0.545 bits per heavy atom. The molecule has 2 aliphatic carbocycles. The van der Waals surface area contributed by atoms with Gasteiger partial charge in [-0.15, -0.1) is 0 Å². The summed E-state index contributed by atoms with van der Waals surface area (Å²) >= 11 is -0.757. The first-order chi connectivity index (χ1) is 14.9. The number of hydrogen-bond acceptors (Lipinski definition) is 0. The molecule has 2 unspecified atom stereocenters. The zero-order valence-corrected chi connectivity index (χ0v) is 26.9. The van der Waals surface area contributed by atoms with Crippen molar-refractivity contribution in [3.63, 3.8) is 0 Å². The second kappa shape index (κ2) is 17.0. The Bertz CT molecular complexity index is 676. The van der Waals surface area contributed by atoms with Crippen LogP contribution in [0.25, 0.3) is 0 Å². The third kappa shape index (κ3) is 8.22. The van der Waals surface area contributed by atoms with E-state index in [1.54, 1.807) is 22.3 Å². The average molecular weight is 573 g/mol. The smallest absolute Gasteiger partial charge is 1.00 e. The summed E-state index contributed by atoms with van der Waals surface area (Å²) in [5, 5.41) is 0. The monoisotopic (exact) mass is 570 g/mol. The maximum absolute atomic E-state index is 2.47. The second-order valence-corrected chi connectivity index (χ2v) is 13.4. The van der Waals surface area contributed by atoms with Crippen LogP contribution >= 0.6 is 0 Å². The van der Waals surface area contributed by atoms with E-state index < -0.39 is 23.2 Å². The summed E-state index contributed by atoms with van der Waals surface area (Å²) in [4.78, 5) is 0. The van der Waals surface area contributed by atoms with Crippen molar-refractivity contribution in [2.24, 2.45) is 11.8 Å². The van der Waals surface area contributed by atoms with Crippen molar-refractivity contribution < 1.29 is 48.0 Å². The van der Waals surface area contributed by atoms with Crippen molar-refractivity contribution in [3.8, 4) is 0 Å². The molecule has 3 heteroatoms. The standard InChI is InChI=1S/2C15H25.2ClH.Zr/c2*1-5-7-9-14-11-15(10-8-6-2)13(4)12(14)3;;;/h2*14H,5-10H2,1-4H3;2*1H;/q;;;;+2/p-2. The number of allylic oxidation sites excluding steroid dienone is 8. The summed E-state index contributed by atoms with van der Waals surface area (Å²) in [6, 6.07) is 0. The molecule has 0 spiro atoms. The van der Waals surface area contributed by atoms with Gasteiger partial charge in [0.05, 0.1) is 0 Å². The molecule has 0 aromatic carbocycles. The minimum atomic E-state index is -0.757. The zero-order chi connectivity index (χ0) is 23.0. The minimum absolute atomic E-state index is 0. The van der Waals surface area contributed by atoms with Gasteiger partial charge in [0.2, 0.25) is 0 Å².